The molecule has 0 atom stereocenters. The van der Waals surface area contributed by atoms with Crippen LogP contribution >= 0.6 is 0 Å². The van der Waals surface area contributed by atoms with Crippen LogP contribution in [0.4, 0.5) is 30.5 Å². The zero-order valence-corrected chi connectivity index (χ0v) is 14.7. The molecule has 1 aromatic heterocycles. The van der Waals surface area contributed by atoms with Crippen molar-refractivity contribution in [3.63, 3.8) is 0 Å². The van der Waals surface area contributed by atoms with E-state index in [4.69, 9.17) is 0 Å². The van der Waals surface area contributed by atoms with Gasteiger partial charge in [0.2, 0.25) is 0 Å². The van der Waals surface area contributed by atoms with Crippen LogP contribution in [0.15, 0.2) is 60.7 Å². The molecule has 27 heavy (non-hydrogen) atoms. The van der Waals surface area contributed by atoms with Gasteiger partial charge in [0.15, 0.2) is 0 Å². The number of aryl methyl sites for hydroxylation is 1. The second kappa shape index (κ2) is 8.07. The fourth-order valence-corrected chi connectivity index (χ4v) is 2.59. The van der Waals surface area contributed by atoms with Crippen LogP contribution in [0.25, 0.3) is 0 Å². The first kappa shape index (κ1) is 18.7. The third-order valence-electron chi connectivity index (χ3n) is 3.89. The largest absolute Gasteiger partial charge is 0.416 e. The number of anilines is 3. The van der Waals surface area contributed by atoms with E-state index >= 15 is 0 Å². The summed E-state index contributed by atoms with van der Waals surface area (Å²) in [5, 5.41) is 6.26. The summed E-state index contributed by atoms with van der Waals surface area (Å²) >= 11 is 0. The van der Waals surface area contributed by atoms with Crippen LogP contribution < -0.4 is 10.6 Å². The van der Waals surface area contributed by atoms with Gasteiger partial charge < -0.3 is 10.6 Å². The van der Waals surface area contributed by atoms with Crippen molar-refractivity contribution in [1.29, 1.82) is 0 Å². The van der Waals surface area contributed by atoms with Gasteiger partial charge in [0.25, 0.3) is 0 Å². The third kappa shape index (κ3) is 5.44. The van der Waals surface area contributed by atoms with E-state index in [0.29, 0.717) is 29.7 Å². The first-order valence-corrected chi connectivity index (χ1v) is 8.48. The third-order valence-corrected chi connectivity index (χ3v) is 3.89. The molecule has 0 aliphatic heterocycles. The Morgan fingerprint density at radius 3 is 2.22 bits per heavy atom. The Labute approximate surface area is 155 Å². The van der Waals surface area contributed by atoms with Gasteiger partial charge in [0.1, 0.15) is 17.5 Å². The number of hydrogen-bond donors (Lipinski definition) is 2. The quantitative estimate of drug-likeness (QED) is 0.624. The van der Waals surface area contributed by atoms with Gasteiger partial charge >= 0.3 is 6.18 Å². The van der Waals surface area contributed by atoms with Crippen LogP contribution in [0.3, 0.4) is 0 Å². The van der Waals surface area contributed by atoms with Crippen LogP contribution in [-0.2, 0) is 12.6 Å². The average molecular weight is 372 g/mol. The fourth-order valence-electron chi connectivity index (χ4n) is 2.59. The Hall–Kier alpha value is -3.09. The molecule has 2 aromatic carbocycles. The normalized spacial score (nSPS) is 11.3. The van der Waals surface area contributed by atoms with Gasteiger partial charge in [-0.25, -0.2) is 9.97 Å². The molecule has 7 heteroatoms. The lowest BCUT2D eigenvalue weighted by Gasteiger charge is -2.11. The molecule has 0 spiro atoms. The molecule has 0 radical (unpaired) electrons. The van der Waals surface area contributed by atoms with E-state index in [1.54, 1.807) is 13.0 Å². The molecule has 4 nitrogen and oxygen atoms in total. The number of rotatable bonds is 6. The first-order valence-electron chi connectivity index (χ1n) is 8.48. The summed E-state index contributed by atoms with van der Waals surface area (Å²) in [6, 6.07) is 16.7. The van der Waals surface area contributed by atoms with Crippen molar-refractivity contribution in [1.82, 2.24) is 9.97 Å². The maximum atomic E-state index is 12.6. The fraction of sp³-hybridized carbons (Fsp3) is 0.200. The lowest BCUT2D eigenvalue weighted by Crippen LogP contribution is -2.08. The summed E-state index contributed by atoms with van der Waals surface area (Å²) in [5.74, 6) is 1.74. The molecule has 140 valence electrons. The van der Waals surface area contributed by atoms with E-state index in [1.807, 2.05) is 18.2 Å². The highest BCUT2D eigenvalue weighted by molar-refractivity contribution is 5.59. The number of hydrogen-bond acceptors (Lipinski definition) is 4. The molecule has 0 unspecified atom stereocenters. The maximum absolute atomic E-state index is 12.6. The summed E-state index contributed by atoms with van der Waals surface area (Å²) < 4.78 is 37.9. The Morgan fingerprint density at radius 2 is 1.56 bits per heavy atom. The highest BCUT2D eigenvalue weighted by Gasteiger charge is 2.29. The zero-order valence-electron chi connectivity index (χ0n) is 14.7. The van der Waals surface area contributed by atoms with E-state index in [1.165, 1.54) is 17.7 Å². The molecule has 0 bridgehead atoms. The summed E-state index contributed by atoms with van der Waals surface area (Å²) in [7, 11) is 0. The molecule has 2 N–H and O–H groups in total. The maximum Gasteiger partial charge on any atom is 0.416 e. The minimum absolute atomic E-state index is 0.518. The van der Waals surface area contributed by atoms with E-state index in [9.17, 15) is 13.2 Å². The van der Waals surface area contributed by atoms with E-state index in [2.05, 4.69) is 32.7 Å². The van der Waals surface area contributed by atoms with E-state index in [-0.39, 0.29) is 0 Å². The molecule has 0 saturated heterocycles. The predicted molar refractivity (Wildman–Crippen MR) is 100 cm³/mol. The predicted octanol–water partition coefficient (Wildman–Crippen LogP) is 5.20. The molecule has 1 heterocycles. The Kier molecular flexibility index (Phi) is 5.59. The summed E-state index contributed by atoms with van der Waals surface area (Å²) in [6.45, 7) is 2.47. The monoisotopic (exact) mass is 372 g/mol. The van der Waals surface area contributed by atoms with Crippen molar-refractivity contribution in [3.8, 4) is 0 Å². The molecule has 0 aliphatic carbocycles. The molecule has 0 saturated carbocycles. The SMILES string of the molecule is Cc1nc(NCCc2ccccc2)cc(Nc2ccc(C(F)(F)F)cc2)n1. The van der Waals surface area contributed by atoms with Gasteiger partial charge in [-0.3, -0.25) is 0 Å². The van der Waals surface area contributed by atoms with Crippen molar-refractivity contribution in [3.05, 3.63) is 77.6 Å². The molecule has 3 aromatic rings. The minimum Gasteiger partial charge on any atom is -0.370 e. The van der Waals surface area contributed by atoms with Crippen LogP contribution in [0.1, 0.15) is 17.0 Å². The summed E-state index contributed by atoms with van der Waals surface area (Å²) in [6.07, 6.45) is -3.49. The number of alkyl halides is 3. The Balaban J connectivity index is 1.64. The molecule has 0 aliphatic rings. The van der Waals surface area contributed by atoms with Crippen LogP contribution in [0, 0.1) is 6.92 Å². The second-order valence-corrected chi connectivity index (χ2v) is 6.05. The molecule has 0 amide bonds. The lowest BCUT2D eigenvalue weighted by molar-refractivity contribution is -0.137. The molecule has 0 fully saturated rings. The summed E-state index contributed by atoms with van der Waals surface area (Å²) in [5.41, 5.74) is 1.06. The van der Waals surface area contributed by atoms with Gasteiger partial charge in [-0.15, -0.1) is 0 Å². The van der Waals surface area contributed by atoms with Crippen LogP contribution in [0.2, 0.25) is 0 Å². The smallest absolute Gasteiger partial charge is 0.370 e. The van der Waals surface area contributed by atoms with Crippen molar-refractivity contribution >= 4 is 17.3 Å². The van der Waals surface area contributed by atoms with Gasteiger partial charge in [0.05, 0.1) is 5.56 Å². The van der Waals surface area contributed by atoms with Gasteiger partial charge in [-0.1, -0.05) is 30.3 Å². The zero-order chi connectivity index (χ0) is 19.3. The van der Waals surface area contributed by atoms with E-state index in [0.717, 1.165) is 18.6 Å². The summed E-state index contributed by atoms with van der Waals surface area (Å²) in [4.78, 5) is 8.62. The molecular formula is C20H19F3N4. The van der Waals surface area contributed by atoms with Crippen molar-refractivity contribution in [2.75, 3.05) is 17.2 Å². The van der Waals surface area contributed by atoms with Crippen LogP contribution in [0.5, 0.6) is 0 Å². The number of benzene rings is 2. The van der Waals surface area contributed by atoms with Crippen molar-refractivity contribution < 1.29 is 13.2 Å². The van der Waals surface area contributed by atoms with Gasteiger partial charge in [-0.2, -0.15) is 13.2 Å². The van der Waals surface area contributed by atoms with Crippen molar-refractivity contribution in [2.45, 2.75) is 19.5 Å². The van der Waals surface area contributed by atoms with Gasteiger partial charge in [0, 0.05) is 18.3 Å². The lowest BCUT2D eigenvalue weighted by atomic mass is 10.1. The number of nitrogens with one attached hydrogen (secondary N) is 2. The molecular weight excluding hydrogens is 353 g/mol. The highest BCUT2D eigenvalue weighted by Crippen LogP contribution is 2.30. The molecule has 3 rings (SSSR count). The van der Waals surface area contributed by atoms with Gasteiger partial charge in [-0.05, 0) is 43.2 Å². The standard InChI is InChI=1S/C20H19F3N4/c1-14-25-18(24-12-11-15-5-3-2-4-6-15)13-19(26-14)27-17-9-7-16(8-10-17)20(21,22)23/h2-10,13H,11-12H2,1H3,(H2,24,25,26,27). The number of halogens is 3. The van der Waals surface area contributed by atoms with E-state index < -0.39 is 11.7 Å². The average Bonchev–Trinajstić information content (AvgIpc) is 2.62. The first-order chi connectivity index (χ1) is 12.9. The Morgan fingerprint density at radius 1 is 0.889 bits per heavy atom. The minimum atomic E-state index is -4.35. The Bertz CT molecular complexity index is 878. The second-order valence-electron chi connectivity index (χ2n) is 6.05. The highest BCUT2D eigenvalue weighted by atomic mass is 19.4. The van der Waals surface area contributed by atoms with Crippen molar-refractivity contribution in [2.24, 2.45) is 0 Å². The number of aromatic nitrogens is 2. The topological polar surface area (TPSA) is 49.8 Å². The van der Waals surface area contributed by atoms with Crippen LogP contribution in [-0.4, -0.2) is 16.5 Å². The number of nitrogens with zero attached hydrogens (tertiary/aromatic N) is 2.